The highest BCUT2D eigenvalue weighted by Gasteiger charge is 2.50. The molecule has 1 unspecified atom stereocenters. The predicted molar refractivity (Wildman–Crippen MR) is 86.2 cm³/mol. The molecule has 2 aliphatic heterocycles. The molecule has 122 valence electrons. The number of nitrogens with zero attached hydrogens (tertiary/aromatic N) is 4. The zero-order valence-electron chi connectivity index (χ0n) is 13.3. The lowest BCUT2D eigenvalue weighted by atomic mass is 9.85. The number of nitrogens with one attached hydrogen (secondary N) is 1. The molecule has 7 heteroatoms. The van der Waals surface area contributed by atoms with Crippen LogP contribution in [0.1, 0.15) is 12.8 Å². The Morgan fingerprint density at radius 2 is 2.22 bits per heavy atom. The Labute approximate surface area is 134 Å². The summed E-state index contributed by atoms with van der Waals surface area (Å²) >= 11 is 0. The van der Waals surface area contributed by atoms with Gasteiger partial charge >= 0.3 is 0 Å². The van der Waals surface area contributed by atoms with Gasteiger partial charge in [-0.3, -0.25) is 4.79 Å². The molecular formula is C16H21N5O2. The highest BCUT2D eigenvalue weighted by molar-refractivity contribution is 5.90. The number of amides is 1. The Kier molecular flexibility index (Phi) is 3.45. The first kappa shape index (κ1) is 14.4. The van der Waals surface area contributed by atoms with Crippen LogP contribution in [0.15, 0.2) is 18.6 Å². The Morgan fingerprint density at radius 3 is 3.09 bits per heavy atom. The average Bonchev–Trinajstić information content (AvgIpc) is 3.27. The van der Waals surface area contributed by atoms with Crippen LogP contribution in [-0.4, -0.2) is 65.7 Å². The zero-order valence-corrected chi connectivity index (χ0v) is 13.3. The van der Waals surface area contributed by atoms with Crippen LogP contribution in [0.5, 0.6) is 0 Å². The minimum absolute atomic E-state index is 0.249. The molecule has 4 rings (SSSR count). The topological polar surface area (TPSA) is 74.3 Å². The van der Waals surface area contributed by atoms with Gasteiger partial charge in [-0.2, -0.15) is 0 Å². The molecule has 2 fully saturated rings. The lowest BCUT2D eigenvalue weighted by Gasteiger charge is -2.24. The van der Waals surface area contributed by atoms with Crippen LogP contribution < -0.4 is 4.90 Å². The standard InChI is InChI=1S/C16H21N5O2/c1-23-9-8-20-6-3-16(15(20)22)4-7-21(10-16)14-12-2-5-17-13(12)18-11-19-14/h2,5,11H,3-4,6-10H2,1H3,(H,17,18,19). The van der Waals surface area contributed by atoms with Gasteiger partial charge in [0.25, 0.3) is 0 Å². The molecule has 2 saturated heterocycles. The van der Waals surface area contributed by atoms with Gasteiger partial charge in [0.2, 0.25) is 5.91 Å². The van der Waals surface area contributed by atoms with Crippen molar-refractivity contribution in [3.63, 3.8) is 0 Å². The van der Waals surface area contributed by atoms with Crippen LogP contribution in [-0.2, 0) is 9.53 Å². The summed E-state index contributed by atoms with van der Waals surface area (Å²) < 4.78 is 5.11. The van der Waals surface area contributed by atoms with Crippen LogP contribution >= 0.6 is 0 Å². The van der Waals surface area contributed by atoms with Crippen molar-refractivity contribution in [2.45, 2.75) is 12.8 Å². The number of fused-ring (bicyclic) bond motifs is 1. The molecule has 0 radical (unpaired) electrons. The summed E-state index contributed by atoms with van der Waals surface area (Å²) in [6, 6.07) is 2.00. The van der Waals surface area contributed by atoms with E-state index in [1.54, 1.807) is 13.4 Å². The molecule has 0 saturated carbocycles. The number of ether oxygens (including phenoxy) is 1. The van der Waals surface area contributed by atoms with E-state index in [0.29, 0.717) is 13.2 Å². The van der Waals surface area contributed by atoms with Gasteiger partial charge in [-0.25, -0.2) is 9.97 Å². The molecule has 2 aliphatic rings. The maximum Gasteiger partial charge on any atom is 0.230 e. The fourth-order valence-electron chi connectivity index (χ4n) is 3.85. The van der Waals surface area contributed by atoms with Gasteiger partial charge < -0.3 is 19.5 Å². The Hall–Kier alpha value is -2.15. The summed E-state index contributed by atoms with van der Waals surface area (Å²) in [5.74, 6) is 1.20. The number of H-pyrrole nitrogens is 1. The molecule has 1 spiro atoms. The van der Waals surface area contributed by atoms with Crippen molar-refractivity contribution in [1.82, 2.24) is 19.9 Å². The van der Waals surface area contributed by atoms with Crippen LogP contribution in [0.3, 0.4) is 0 Å². The third-order valence-electron chi connectivity index (χ3n) is 5.15. The maximum absolute atomic E-state index is 12.8. The first-order valence-corrected chi connectivity index (χ1v) is 8.05. The molecule has 0 aromatic carbocycles. The van der Waals surface area contributed by atoms with Crippen LogP contribution in [0.2, 0.25) is 0 Å². The number of methoxy groups -OCH3 is 1. The number of aromatic nitrogens is 3. The zero-order chi connectivity index (χ0) is 15.9. The number of likely N-dealkylation sites (tertiary alicyclic amines) is 1. The van der Waals surface area contributed by atoms with E-state index in [9.17, 15) is 4.79 Å². The molecule has 23 heavy (non-hydrogen) atoms. The average molecular weight is 315 g/mol. The van der Waals surface area contributed by atoms with E-state index in [1.165, 1.54) is 0 Å². The third-order valence-corrected chi connectivity index (χ3v) is 5.15. The summed E-state index contributed by atoms with van der Waals surface area (Å²) in [7, 11) is 1.67. The van der Waals surface area contributed by atoms with E-state index in [-0.39, 0.29) is 11.3 Å². The maximum atomic E-state index is 12.8. The number of aromatic amines is 1. The summed E-state index contributed by atoms with van der Waals surface area (Å²) in [5, 5.41) is 1.02. The molecule has 1 atom stereocenters. The molecule has 2 aromatic heterocycles. The van der Waals surface area contributed by atoms with E-state index in [4.69, 9.17) is 4.74 Å². The van der Waals surface area contributed by atoms with Gasteiger partial charge in [-0.1, -0.05) is 0 Å². The second kappa shape index (κ2) is 5.49. The van der Waals surface area contributed by atoms with E-state index < -0.39 is 0 Å². The first-order chi connectivity index (χ1) is 11.2. The van der Waals surface area contributed by atoms with E-state index in [0.717, 1.165) is 49.3 Å². The summed E-state index contributed by atoms with van der Waals surface area (Å²) in [6.07, 6.45) is 5.28. The SMILES string of the molecule is COCCN1CCC2(CCN(c3ncnc4[nH]ccc34)C2)C1=O. The number of carbonyl (C=O) groups excluding carboxylic acids is 1. The van der Waals surface area contributed by atoms with Crippen molar-refractivity contribution in [2.24, 2.45) is 5.41 Å². The van der Waals surface area contributed by atoms with Gasteiger partial charge in [0.15, 0.2) is 0 Å². The number of hydrogen-bond acceptors (Lipinski definition) is 5. The van der Waals surface area contributed by atoms with Gasteiger partial charge in [0, 0.05) is 39.5 Å². The highest BCUT2D eigenvalue weighted by atomic mass is 16.5. The Balaban J connectivity index is 1.55. The summed E-state index contributed by atoms with van der Waals surface area (Å²) in [5.41, 5.74) is 0.594. The summed E-state index contributed by atoms with van der Waals surface area (Å²) in [6.45, 7) is 3.72. The monoisotopic (exact) mass is 315 g/mol. The van der Waals surface area contributed by atoms with Crippen LogP contribution in [0.4, 0.5) is 5.82 Å². The second-order valence-corrected chi connectivity index (χ2v) is 6.42. The van der Waals surface area contributed by atoms with Crippen molar-refractivity contribution in [1.29, 1.82) is 0 Å². The number of anilines is 1. The molecule has 1 N–H and O–H groups in total. The van der Waals surface area contributed by atoms with Gasteiger partial charge in [0.1, 0.15) is 17.8 Å². The van der Waals surface area contributed by atoms with Crippen molar-refractivity contribution < 1.29 is 9.53 Å². The molecular weight excluding hydrogens is 294 g/mol. The van der Waals surface area contributed by atoms with Crippen molar-refractivity contribution in [3.05, 3.63) is 18.6 Å². The fourth-order valence-corrected chi connectivity index (χ4v) is 3.85. The second-order valence-electron chi connectivity index (χ2n) is 6.42. The Bertz CT molecular complexity index is 730. The van der Waals surface area contributed by atoms with E-state index >= 15 is 0 Å². The predicted octanol–water partition coefficient (Wildman–Crippen LogP) is 1.03. The third kappa shape index (κ3) is 2.26. The molecule has 1 amide bonds. The van der Waals surface area contributed by atoms with Gasteiger partial charge in [-0.15, -0.1) is 0 Å². The molecule has 4 heterocycles. The summed E-state index contributed by atoms with van der Waals surface area (Å²) in [4.78, 5) is 28.8. The minimum atomic E-state index is -0.249. The molecule has 2 aromatic rings. The molecule has 0 bridgehead atoms. The van der Waals surface area contributed by atoms with Crippen molar-refractivity contribution >= 4 is 22.8 Å². The van der Waals surface area contributed by atoms with E-state index in [1.807, 2.05) is 17.2 Å². The van der Waals surface area contributed by atoms with E-state index in [2.05, 4.69) is 19.9 Å². The minimum Gasteiger partial charge on any atom is -0.383 e. The lowest BCUT2D eigenvalue weighted by Crippen LogP contribution is -2.38. The van der Waals surface area contributed by atoms with Gasteiger partial charge in [-0.05, 0) is 18.9 Å². The lowest BCUT2D eigenvalue weighted by molar-refractivity contribution is -0.135. The number of rotatable bonds is 4. The van der Waals surface area contributed by atoms with Gasteiger partial charge in [0.05, 0.1) is 17.4 Å². The smallest absolute Gasteiger partial charge is 0.230 e. The quantitative estimate of drug-likeness (QED) is 0.912. The number of carbonyl (C=O) groups is 1. The highest BCUT2D eigenvalue weighted by Crippen LogP contribution is 2.42. The molecule has 7 nitrogen and oxygen atoms in total. The first-order valence-electron chi connectivity index (χ1n) is 8.05. The Morgan fingerprint density at radius 1 is 1.35 bits per heavy atom. The fraction of sp³-hybridized carbons (Fsp3) is 0.562. The normalized spacial score (nSPS) is 24.5. The van der Waals surface area contributed by atoms with Crippen molar-refractivity contribution in [2.75, 3.05) is 44.8 Å². The van der Waals surface area contributed by atoms with Crippen LogP contribution in [0.25, 0.3) is 11.0 Å². The van der Waals surface area contributed by atoms with Crippen LogP contribution in [0, 0.1) is 5.41 Å². The number of hydrogen-bond donors (Lipinski definition) is 1. The molecule has 0 aliphatic carbocycles. The van der Waals surface area contributed by atoms with Crippen molar-refractivity contribution in [3.8, 4) is 0 Å². The largest absolute Gasteiger partial charge is 0.383 e.